The summed E-state index contributed by atoms with van der Waals surface area (Å²) in [4.78, 5) is 13.0. The van der Waals surface area contributed by atoms with Crippen molar-refractivity contribution in [3.05, 3.63) is 41.9 Å². The van der Waals surface area contributed by atoms with E-state index in [-0.39, 0.29) is 24.1 Å². The SMILES string of the molecule is Cl.O=C(O)C1CCN(Cc2cc(-c3ccc(F)cc3)no2)C1. The fourth-order valence-electron chi connectivity index (χ4n) is 2.54. The highest BCUT2D eigenvalue weighted by Crippen LogP contribution is 2.23. The number of aliphatic carboxylic acids is 1. The van der Waals surface area contributed by atoms with Gasteiger partial charge in [-0.25, -0.2) is 4.39 Å². The Morgan fingerprint density at radius 3 is 2.77 bits per heavy atom. The molecule has 1 atom stereocenters. The number of hydrogen-bond donors (Lipinski definition) is 1. The Bertz CT molecular complexity index is 644. The average molecular weight is 327 g/mol. The van der Waals surface area contributed by atoms with Gasteiger partial charge in [0.2, 0.25) is 0 Å². The molecule has 1 aliphatic rings. The van der Waals surface area contributed by atoms with E-state index in [1.54, 1.807) is 18.2 Å². The van der Waals surface area contributed by atoms with E-state index in [0.717, 1.165) is 12.1 Å². The summed E-state index contributed by atoms with van der Waals surface area (Å²) in [6.45, 7) is 1.81. The normalized spacial score (nSPS) is 18.1. The molecule has 0 bridgehead atoms. The molecule has 7 heteroatoms. The molecule has 2 heterocycles. The Morgan fingerprint density at radius 1 is 1.41 bits per heavy atom. The number of carboxylic acid groups (broad SMARTS) is 1. The number of hydrogen-bond acceptors (Lipinski definition) is 4. The summed E-state index contributed by atoms with van der Waals surface area (Å²) in [7, 11) is 0. The Hall–Kier alpha value is -1.92. The van der Waals surface area contributed by atoms with Crippen LogP contribution >= 0.6 is 12.4 Å². The molecular formula is C15H16ClFN2O3. The largest absolute Gasteiger partial charge is 0.481 e. The molecule has 1 aromatic heterocycles. The smallest absolute Gasteiger partial charge is 0.307 e. The summed E-state index contributed by atoms with van der Waals surface area (Å²) >= 11 is 0. The van der Waals surface area contributed by atoms with Gasteiger partial charge in [-0.15, -0.1) is 12.4 Å². The molecule has 0 radical (unpaired) electrons. The second-order valence-electron chi connectivity index (χ2n) is 5.24. The van der Waals surface area contributed by atoms with Crippen molar-refractivity contribution in [2.24, 2.45) is 5.92 Å². The number of halogens is 2. The van der Waals surface area contributed by atoms with E-state index in [0.29, 0.717) is 31.0 Å². The molecule has 1 fully saturated rings. The molecule has 22 heavy (non-hydrogen) atoms. The number of aromatic nitrogens is 1. The molecule has 0 saturated carbocycles. The number of nitrogens with zero attached hydrogens (tertiary/aromatic N) is 2. The third-order valence-corrected chi connectivity index (χ3v) is 3.70. The van der Waals surface area contributed by atoms with Crippen molar-refractivity contribution in [1.29, 1.82) is 0 Å². The highest BCUT2D eigenvalue weighted by Gasteiger charge is 2.28. The fourth-order valence-corrected chi connectivity index (χ4v) is 2.54. The Kier molecular flexibility index (Phi) is 5.15. The lowest BCUT2D eigenvalue weighted by Gasteiger charge is -2.11. The summed E-state index contributed by atoms with van der Waals surface area (Å²) in [5.41, 5.74) is 1.44. The summed E-state index contributed by atoms with van der Waals surface area (Å²) < 4.78 is 18.2. The third-order valence-electron chi connectivity index (χ3n) is 3.70. The van der Waals surface area contributed by atoms with Gasteiger partial charge in [-0.1, -0.05) is 5.16 Å². The summed E-state index contributed by atoms with van der Waals surface area (Å²) in [5.74, 6) is -0.661. The van der Waals surface area contributed by atoms with E-state index in [4.69, 9.17) is 9.63 Å². The van der Waals surface area contributed by atoms with Crippen molar-refractivity contribution in [2.75, 3.05) is 13.1 Å². The van der Waals surface area contributed by atoms with Crippen molar-refractivity contribution in [2.45, 2.75) is 13.0 Å². The van der Waals surface area contributed by atoms with Gasteiger partial charge in [-0.05, 0) is 37.2 Å². The molecule has 1 unspecified atom stereocenters. The number of likely N-dealkylation sites (tertiary alicyclic amines) is 1. The molecule has 2 aromatic rings. The van der Waals surface area contributed by atoms with Crippen LogP contribution in [0.2, 0.25) is 0 Å². The zero-order chi connectivity index (χ0) is 14.8. The van der Waals surface area contributed by atoms with Crippen LogP contribution < -0.4 is 0 Å². The molecule has 1 aromatic carbocycles. The minimum Gasteiger partial charge on any atom is -0.481 e. The van der Waals surface area contributed by atoms with Crippen molar-refractivity contribution >= 4 is 18.4 Å². The van der Waals surface area contributed by atoms with Crippen LogP contribution in [0.25, 0.3) is 11.3 Å². The van der Waals surface area contributed by atoms with Crippen LogP contribution in [0.1, 0.15) is 12.2 Å². The van der Waals surface area contributed by atoms with Gasteiger partial charge in [0.05, 0.1) is 12.5 Å². The molecule has 1 aliphatic heterocycles. The third kappa shape index (κ3) is 3.64. The zero-order valence-electron chi connectivity index (χ0n) is 11.7. The second-order valence-corrected chi connectivity index (χ2v) is 5.24. The highest BCUT2D eigenvalue weighted by atomic mass is 35.5. The van der Waals surface area contributed by atoms with Gasteiger partial charge in [0.15, 0.2) is 5.76 Å². The summed E-state index contributed by atoms with van der Waals surface area (Å²) in [5, 5.41) is 13.0. The van der Waals surface area contributed by atoms with E-state index < -0.39 is 5.97 Å². The number of rotatable bonds is 4. The van der Waals surface area contributed by atoms with E-state index in [9.17, 15) is 9.18 Å². The van der Waals surface area contributed by atoms with Gasteiger partial charge in [0, 0.05) is 18.2 Å². The Balaban J connectivity index is 0.00000176. The highest BCUT2D eigenvalue weighted by molar-refractivity contribution is 5.85. The van der Waals surface area contributed by atoms with Crippen LogP contribution in [0.5, 0.6) is 0 Å². The molecule has 1 N–H and O–H groups in total. The van der Waals surface area contributed by atoms with Crippen LogP contribution in [0.4, 0.5) is 4.39 Å². The minimum absolute atomic E-state index is 0. The van der Waals surface area contributed by atoms with Crippen LogP contribution in [-0.2, 0) is 11.3 Å². The van der Waals surface area contributed by atoms with Crippen LogP contribution in [-0.4, -0.2) is 34.2 Å². The topological polar surface area (TPSA) is 66.6 Å². The van der Waals surface area contributed by atoms with E-state index >= 15 is 0 Å². The first-order valence-corrected chi connectivity index (χ1v) is 6.78. The molecule has 0 aliphatic carbocycles. The van der Waals surface area contributed by atoms with Gasteiger partial charge in [-0.2, -0.15) is 0 Å². The van der Waals surface area contributed by atoms with E-state index in [1.807, 2.05) is 4.90 Å². The molecule has 0 spiro atoms. The van der Waals surface area contributed by atoms with Crippen LogP contribution in [0.15, 0.2) is 34.9 Å². The van der Waals surface area contributed by atoms with Crippen molar-refractivity contribution in [3.63, 3.8) is 0 Å². The lowest BCUT2D eigenvalue weighted by molar-refractivity contribution is -0.141. The first-order valence-electron chi connectivity index (χ1n) is 6.78. The standard InChI is InChI=1S/C15H15FN2O3.ClH/c16-12-3-1-10(2-4-12)14-7-13(21-17-14)9-18-6-5-11(8-18)15(19)20;/h1-4,7,11H,5-6,8-9H2,(H,19,20);1H. The maximum atomic E-state index is 12.9. The molecule has 3 rings (SSSR count). The van der Waals surface area contributed by atoms with Gasteiger partial charge in [-0.3, -0.25) is 9.69 Å². The van der Waals surface area contributed by atoms with E-state index in [1.165, 1.54) is 12.1 Å². The Labute approximate surface area is 133 Å². The van der Waals surface area contributed by atoms with Gasteiger partial charge >= 0.3 is 5.97 Å². The molecule has 0 amide bonds. The number of benzene rings is 1. The monoisotopic (exact) mass is 326 g/mol. The number of carboxylic acids is 1. The van der Waals surface area contributed by atoms with E-state index in [2.05, 4.69) is 5.16 Å². The maximum absolute atomic E-state index is 12.9. The van der Waals surface area contributed by atoms with Crippen molar-refractivity contribution in [3.8, 4) is 11.3 Å². The predicted octanol–water partition coefficient (Wildman–Crippen LogP) is 2.81. The van der Waals surface area contributed by atoms with Gasteiger partial charge < -0.3 is 9.63 Å². The maximum Gasteiger partial charge on any atom is 0.307 e. The van der Waals surface area contributed by atoms with Crippen LogP contribution in [0, 0.1) is 11.7 Å². The van der Waals surface area contributed by atoms with Crippen LogP contribution in [0.3, 0.4) is 0 Å². The fraction of sp³-hybridized carbons (Fsp3) is 0.333. The average Bonchev–Trinajstić information content (AvgIpc) is 3.10. The molecule has 1 saturated heterocycles. The first-order chi connectivity index (χ1) is 10.1. The van der Waals surface area contributed by atoms with Gasteiger partial charge in [0.1, 0.15) is 11.5 Å². The zero-order valence-corrected chi connectivity index (χ0v) is 12.6. The van der Waals surface area contributed by atoms with Crippen molar-refractivity contribution in [1.82, 2.24) is 10.1 Å². The molecule has 118 valence electrons. The quantitative estimate of drug-likeness (QED) is 0.935. The predicted molar refractivity (Wildman–Crippen MR) is 80.2 cm³/mol. The lowest BCUT2D eigenvalue weighted by Crippen LogP contribution is -2.22. The lowest BCUT2D eigenvalue weighted by atomic mass is 10.1. The summed E-state index contributed by atoms with van der Waals surface area (Å²) in [6, 6.07) is 7.85. The minimum atomic E-state index is -0.748. The second kappa shape index (κ2) is 6.89. The summed E-state index contributed by atoms with van der Waals surface area (Å²) in [6.07, 6.45) is 0.661. The number of carbonyl (C=O) groups is 1. The van der Waals surface area contributed by atoms with Gasteiger partial charge in [0.25, 0.3) is 0 Å². The van der Waals surface area contributed by atoms with Crippen molar-refractivity contribution < 1.29 is 18.8 Å². The molecular weight excluding hydrogens is 311 g/mol. The first kappa shape index (κ1) is 16.5. The Morgan fingerprint density at radius 2 is 2.14 bits per heavy atom. The molecule has 5 nitrogen and oxygen atoms in total.